The van der Waals surface area contributed by atoms with E-state index in [1.54, 1.807) is 0 Å². The van der Waals surface area contributed by atoms with E-state index in [1.165, 1.54) is 29.9 Å². The summed E-state index contributed by atoms with van der Waals surface area (Å²) in [6.07, 6.45) is -2.11. The number of hydrogen-bond donors (Lipinski definition) is 1. The maximum absolute atomic E-state index is 12.9. The maximum atomic E-state index is 12.9. The van der Waals surface area contributed by atoms with Gasteiger partial charge in [0.25, 0.3) is 0 Å². The van der Waals surface area contributed by atoms with Crippen LogP contribution in [0.25, 0.3) is 0 Å². The highest BCUT2D eigenvalue weighted by molar-refractivity contribution is 6.00. The van der Waals surface area contributed by atoms with Crippen LogP contribution < -0.4 is 10.2 Å². The number of nitrogens with one attached hydrogen (secondary N) is 1. The fraction of sp³-hybridized carbons (Fsp3) is 0.579. The molecule has 2 amide bonds. The summed E-state index contributed by atoms with van der Waals surface area (Å²) in [5.74, 6) is -1.11. The molecule has 1 aromatic rings. The molecule has 1 aromatic carbocycles. The summed E-state index contributed by atoms with van der Waals surface area (Å²) in [5.41, 5.74) is -0.635. The fourth-order valence-corrected chi connectivity index (χ4v) is 3.36. The number of nitrogens with zero attached hydrogens (tertiary/aromatic N) is 2. The first kappa shape index (κ1) is 19.7. The van der Waals surface area contributed by atoms with Gasteiger partial charge in [0.1, 0.15) is 0 Å². The molecule has 8 heteroatoms. The lowest BCUT2D eigenvalue weighted by Crippen LogP contribution is -2.43. The van der Waals surface area contributed by atoms with Gasteiger partial charge in [-0.15, -0.1) is 0 Å². The number of halogens is 3. The monoisotopic (exact) mass is 383 g/mol. The number of benzene rings is 1. The molecule has 1 saturated carbocycles. The number of carbonyl (C=O) groups excluding carboxylic acids is 2. The Morgan fingerprint density at radius 2 is 2.07 bits per heavy atom. The minimum Gasteiger partial charge on any atom is -0.354 e. The Morgan fingerprint density at radius 3 is 2.70 bits per heavy atom. The number of alkyl halides is 3. The molecule has 5 nitrogen and oxygen atoms in total. The molecule has 0 radical (unpaired) electrons. The average molecular weight is 383 g/mol. The molecule has 3 rings (SSSR count). The van der Waals surface area contributed by atoms with Gasteiger partial charge in [-0.05, 0) is 45.0 Å². The van der Waals surface area contributed by atoms with Crippen molar-refractivity contribution in [1.82, 2.24) is 10.2 Å². The van der Waals surface area contributed by atoms with Gasteiger partial charge in [-0.2, -0.15) is 13.2 Å². The highest BCUT2D eigenvalue weighted by atomic mass is 19.4. The van der Waals surface area contributed by atoms with Crippen LogP contribution in [0, 0.1) is 5.92 Å². The first-order valence-corrected chi connectivity index (χ1v) is 9.14. The lowest BCUT2D eigenvalue weighted by molar-refractivity contribution is -0.137. The van der Waals surface area contributed by atoms with Crippen LogP contribution >= 0.6 is 0 Å². The number of rotatable bonds is 6. The van der Waals surface area contributed by atoms with Crippen molar-refractivity contribution in [3.05, 3.63) is 29.8 Å². The molecule has 1 saturated heterocycles. The van der Waals surface area contributed by atoms with Gasteiger partial charge in [-0.1, -0.05) is 6.07 Å². The van der Waals surface area contributed by atoms with E-state index >= 15 is 0 Å². The van der Waals surface area contributed by atoms with Crippen LogP contribution in [-0.2, 0) is 15.8 Å². The second kappa shape index (κ2) is 7.50. The zero-order valence-corrected chi connectivity index (χ0v) is 15.4. The number of anilines is 1. The molecule has 1 heterocycles. The molecule has 2 atom stereocenters. The van der Waals surface area contributed by atoms with E-state index in [0.717, 1.165) is 12.1 Å². The molecule has 0 aromatic heterocycles. The smallest absolute Gasteiger partial charge is 0.354 e. The van der Waals surface area contributed by atoms with Gasteiger partial charge < -0.3 is 10.2 Å². The van der Waals surface area contributed by atoms with Crippen LogP contribution in [0.1, 0.15) is 31.7 Å². The number of likely N-dealkylation sites (N-methyl/N-ethyl adjacent to an activating group) is 1. The van der Waals surface area contributed by atoms with Gasteiger partial charge >= 0.3 is 6.18 Å². The summed E-state index contributed by atoms with van der Waals surface area (Å²) in [6.45, 7) is 2.62. The molecule has 0 bridgehead atoms. The molecule has 148 valence electrons. The first-order valence-electron chi connectivity index (χ1n) is 9.14. The van der Waals surface area contributed by atoms with Crippen molar-refractivity contribution in [2.75, 3.05) is 25.0 Å². The molecule has 27 heavy (non-hydrogen) atoms. The molecule has 1 N–H and O–H groups in total. The largest absolute Gasteiger partial charge is 0.416 e. The van der Waals surface area contributed by atoms with Crippen molar-refractivity contribution >= 4 is 17.5 Å². The fourth-order valence-electron chi connectivity index (χ4n) is 3.36. The van der Waals surface area contributed by atoms with Gasteiger partial charge in [0, 0.05) is 37.3 Å². The van der Waals surface area contributed by atoms with Crippen molar-refractivity contribution in [3.8, 4) is 0 Å². The van der Waals surface area contributed by atoms with Crippen molar-refractivity contribution < 1.29 is 22.8 Å². The summed E-state index contributed by atoms with van der Waals surface area (Å²) in [7, 11) is 2.03. The second-order valence-electron chi connectivity index (χ2n) is 7.44. The second-order valence-corrected chi connectivity index (χ2v) is 7.44. The third-order valence-electron chi connectivity index (χ3n) is 5.37. The summed E-state index contributed by atoms with van der Waals surface area (Å²) < 4.78 is 38.7. The predicted molar refractivity (Wildman–Crippen MR) is 95.2 cm³/mol. The van der Waals surface area contributed by atoms with E-state index in [1.807, 2.05) is 14.0 Å². The molecule has 2 unspecified atom stereocenters. The maximum Gasteiger partial charge on any atom is 0.416 e. The van der Waals surface area contributed by atoms with Crippen molar-refractivity contribution in [3.63, 3.8) is 0 Å². The van der Waals surface area contributed by atoms with E-state index in [2.05, 4.69) is 10.2 Å². The van der Waals surface area contributed by atoms with Crippen LogP contribution in [0.3, 0.4) is 0 Å². The Morgan fingerprint density at radius 1 is 1.37 bits per heavy atom. The molecule has 1 aliphatic carbocycles. The molecule has 2 fully saturated rings. The molecule has 0 spiro atoms. The Bertz CT molecular complexity index is 718. The minimum absolute atomic E-state index is 0.00885. The van der Waals surface area contributed by atoms with E-state index in [-0.39, 0.29) is 36.5 Å². The number of carbonyl (C=O) groups is 2. The Kier molecular flexibility index (Phi) is 5.46. The van der Waals surface area contributed by atoms with Crippen LogP contribution in [0.2, 0.25) is 0 Å². The van der Waals surface area contributed by atoms with Gasteiger partial charge in [0.15, 0.2) is 0 Å². The van der Waals surface area contributed by atoms with Gasteiger partial charge in [-0.25, -0.2) is 0 Å². The lowest BCUT2D eigenvalue weighted by atomic mass is 10.1. The highest BCUT2D eigenvalue weighted by Gasteiger charge is 2.37. The van der Waals surface area contributed by atoms with Crippen molar-refractivity contribution in [2.45, 2.75) is 44.4 Å². The Hall–Kier alpha value is -2.09. The van der Waals surface area contributed by atoms with Crippen LogP contribution in [0.15, 0.2) is 24.3 Å². The van der Waals surface area contributed by atoms with E-state index in [9.17, 15) is 22.8 Å². The number of hydrogen-bond acceptors (Lipinski definition) is 3. The molecular formula is C19H24F3N3O2. The predicted octanol–water partition coefficient (Wildman–Crippen LogP) is 2.66. The summed E-state index contributed by atoms with van der Waals surface area (Å²) in [5, 5.41) is 2.88. The normalized spacial score (nSPS) is 21.6. The van der Waals surface area contributed by atoms with Gasteiger partial charge in [-0.3, -0.25) is 14.5 Å². The van der Waals surface area contributed by atoms with E-state index in [4.69, 9.17) is 0 Å². The lowest BCUT2D eigenvalue weighted by Gasteiger charge is -2.25. The third kappa shape index (κ3) is 4.61. The Balaban J connectivity index is 1.59. The molecule has 1 aliphatic heterocycles. The first-order chi connectivity index (χ1) is 12.7. The SMILES string of the molecule is CC(CNC(=O)C1CC(=O)N(c2cccc(C(F)(F)F)c2)C1)N(C)C1CC1. The summed E-state index contributed by atoms with van der Waals surface area (Å²) >= 11 is 0. The standard InChI is InChI=1S/C19H24F3N3O2/c1-12(24(2)15-6-7-15)10-23-18(27)13-8-17(26)25(11-13)16-5-3-4-14(9-16)19(20,21)22/h3-5,9,12-13,15H,6-8,10-11H2,1-2H3,(H,23,27). The summed E-state index contributed by atoms with van der Waals surface area (Å²) in [4.78, 5) is 28.2. The third-order valence-corrected chi connectivity index (χ3v) is 5.37. The van der Waals surface area contributed by atoms with Crippen LogP contribution in [0.4, 0.5) is 18.9 Å². The quantitative estimate of drug-likeness (QED) is 0.822. The zero-order chi connectivity index (χ0) is 19.8. The Labute approximate surface area is 156 Å². The zero-order valence-electron chi connectivity index (χ0n) is 15.4. The minimum atomic E-state index is -4.47. The van der Waals surface area contributed by atoms with Gasteiger partial charge in [0.05, 0.1) is 11.5 Å². The van der Waals surface area contributed by atoms with Crippen LogP contribution in [-0.4, -0.2) is 48.9 Å². The summed E-state index contributed by atoms with van der Waals surface area (Å²) in [6, 6.07) is 5.42. The highest BCUT2D eigenvalue weighted by Crippen LogP contribution is 2.33. The van der Waals surface area contributed by atoms with Gasteiger partial charge in [0.2, 0.25) is 11.8 Å². The van der Waals surface area contributed by atoms with Crippen molar-refractivity contribution in [1.29, 1.82) is 0 Å². The van der Waals surface area contributed by atoms with E-state index < -0.39 is 17.7 Å². The molecular weight excluding hydrogens is 359 g/mol. The average Bonchev–Trinajstić information content (AvgIpc) is 3.40. The number of amides is 2. The topological polar surface area (TPSA) is 52.7 Å². The van der Waals surface area contributed by atoms with Crippen molar-refractivity contribution in [2.24, 2.45) is 5.92 Å². The van der Waals surface area contributed by atoms with E-state index in [0.29, 0.717) is 12.6 Å². The van der Waals surface area contributed by atoms with Crippen LogP contribution in [0.5, 0.6) is 0 Å². The molecule has 2 aliphatic rings.